The summed E-state index contributed by atoms with van der Waals surface area (Å²) in [5, 5.41) is 9.03. The number of rotatable bonds is 7. The molecule has 1 heterocycles. The Labute approximate surface area is 179 Å². The first-order valence-electron chi connectivity index (χ1n) is 9.87. The van der Waals surface area contributed by atoms with Gasteiger partial charge in [-0.1, -0.05) is 60.7 Å². The molecule has 4 rings (SSSR count). The van der Waals surface area contributed by atoms with Gasteiger partial charge in [0.1, 0.15) is 6.04 Å². The Bertz CT molecular complexity index is 1140. The van der Waals surface area contributed by atoms with Crippen LogP contribution in [0.25, 0.3) is 10.1 Å². The summed E-state index contributed by atoms with van der Waals surface area (Å²) in [4.78, 5) is 25.9. The van der Waals surface area contributed by atoms with Gasteiger partial charge in [0, 0.05) is 5.56 Å². The lowest BCUT2D eigenvalue weighted by Crippen LogP contribution is -2.44. The largest absolute Gasteiger partial charge is 0.340 e. The molecule has 0 radical (unpaired) electrons. The molecule has 30 heavy (non-hydrogen) atoms. The van der Waals surface area contributed by atoms with Crippen molar-refractivity contribution in [1.82, 2.24) is 5.32 Å². The predicted molar refractivity (Wildman–Crippen MR) is 123 cm³/mol. The summed E-state index contributed by atoms with van der Waals surface area (Å²) in [6.07, 6.45) is 1.20. The van der Waals surface area contributed by atoms with Gasteiger partial charge in [0.2, 0.25) is 5.91 Å². The maximum absolute atomic E-state index is 13.1. The normalized spacial score (nSPS) is 11.7. The first-order valence-corrected chi connectivity index (χ1v) is 10.8. The number of benzene rings is 3. The minimum atomic E-state index is -0.645. The Morgan fingerprint density at radius 1 is 0.833 bits per heavy atom. The number of aryl methyl sites for hydroxylation is 1. The van der Waals surface area contributed by atoms with Crippen LogP contribution < -0.4 is 10.6 Å². The molecule has 2 N–H and O–H groups in total. The molecule has 150 valence electrons. The molecular formula is C25H22N2O2S. The quantitative estimate of drug-likeness (QED) is 0.433. The van der Waals surface area contributed by atoms with Crippen LogP contribution in [0.5, 0.6) is 0 Å². The number of carbonyl (C=O) groups excluding carboxylic acids is 2. The van der Waals surface area contributed by atoms with Crippen molar-refractivity contribution in [3.8, 4) is 0 Å². The van der Waals surface area contributed by atoms with Crippen LogP contribution in [0.3, 0.4) is 0 Å². The van der Waals surface area contributed by atoms with Gasteiger partial charge in [-0.2, -0.15) is 0 Å². The predicted octanol–water partition coefficient (Wildman–Crippen LogP) is 5.27. The van der Waals surface area contributed by atoms with Gasteiger partial charge in [-0.15, -0.1) is 11.3 Å². The van der Waals surface area contributed by atoms with Crippen LogP contribution in [0.1, 0.15) is 22.3 Å². The van der Waals surface area contributed by atoms with Crippen molar-refractivity contribution in [1.29, 1.82) is 0 Å². The van der Waals surface area contributed by atoms with Gasteiger partial charge in [0.15, 0.2) is 0 Å². The maximum atomic E-state index is 13.1. The molecule has 4 nitrogen and oxygen atoms in total. The van der Waals surface area contributed by atoms with Gasteiger partial charge in [-0.3, -0.25) is 9.59 Å². The first kappa shape index (κ1) is 19.9. The monoisotopic (exact) mass is 414 g/mol. The Morgan fingerprint density at radius 3 is 2.33 bits per heavy atom. The summed E-state index contributed by atoms with van der Waals surface area (Å²) < 4.78 is 1.03. The SMILES string of the molecule is O=C(NC(CCc1ccccc1)C(=O)Nc1cccc2ccsc12)c1ccccc1. The fourth-order valence-electron chi connectivity index (χ4n) is 3.37. The molecule has 5 heteroatoms. The van der Waals surface area contributed by atoms with Crippen molar-refractivity contribution in [2.24, 2.45) is 0 Å². The third kappa shape index (κ3) is 4.75. The number of fused-ring (bicyclic) bond motifs is 1. The molecule has 0 aliphatic carbocycles. The average molecular weight is 415 g/mol. The number of hydrogen-bond acceptors (Lipinski definition) is 3. The van der Waals surface area contributed by atoms with E-state index < -0.39 is 6.04 Å². The summed E-state index contributed by atoms with van der Waals surface area (Å²) in [6, 6.07) is 26.2. The van der Waals surface area contributed by atoms with E-state index in [2.05, 4.69) is 10.6 Å². The van der Waals surface area contributed by atoms with Crippen LogP contribution in [0, 0.1) is 0 Å². The summed E-state index contributed by atoms with van der Waals surface area (Å²) in [5.74, 6) is -0.464. The van der Waals surface area contributed by atoms with Crippen LogP contribution >= 0.6 is 11.3 Å². The molecule has 0 fully saturated rings. The van der Waals surface area contributed by atoms with E-state index in [1.807, 2.05) is 78.2 Å². The zero-order valence-corrected chi connectivity index (χ0v) is 17.2. The number of amides is 2. The van der Waals surface area contributed by atoms with E-state index in [-0.39, 0.29) is 11.8 Å². The van der Waals surface area contributed by atoms with Crippen LogP contribution in [-0.4, -0.2) is 17.9 Å². The van der Waals surface area contributed by atoms with E-state index in [1.54, 1.807) is 23.5 Å². The van der Waals surface area contributed by atoms with E-state index >= 15 is 0 Å². The third-order valence-electron chi connectivity index (χ3n) is 4.96. The van der Waals surface area contributed by atoms with E-state index in [1.165, 1.54) is 0 Å². The maximum Gasteiger partial charge on any atom is 0.251 e. The second-order valence-electron chi connectivity index (χ2n) is 7.05. The standard InChI is InChI=1S/C25H22N2O2S/c28-24(20-10-5-2-6-11-20)27-22(15-14-18-8-3-1-4-9-18)25(29)26-21-13-7-12-19-16-17-30-23(19)21/h1-13,16-17,22H,14-15H2,(H,26,29)(H,27,28). The van der Waals surface area contributed by atoms with Crippen LogP contribution in [0.2, 0.25) is 0 Å². The molecule has 3 aromatic carbocycles. The van der Waals surface area contributed by atoms with Gasteiger partial charge < -0.3 is 10.6 Å². The highest BCUT2D eigenvalue weighted by molar-refractivity contribution is 7.17. The summed E-state index contributed by atoms with van der Waals surface area (Å²) in [5.41, 5.74) is 2.44. The lowest BCUT2D eigenvalue weighted by atomic mass is 10.0. The molecule has 0 saturated heterocycles. The van der Waals surface area contributed by atoms with Crippen LogP contribution in [0.4, 0.5) is 5.69 Å². The zero-order chi connectivity index (χ0) is 20.8. The number of anilines is 1. The highest BCUT2D eigenvalue weighted by Crippen LogP contribution is 2.28. The fourth-order valence-corrected chi connectivity index (χ4v) is 4.24. The third-order valence-corrected chi connectivity index (χ3v) is 5.92. The molecule has 4 aromatic rings. The highest BCUT2D eigenvalue weighted by atomic mass is 32.1. The second-order valence-corrected chi connectivity index (χ2v) is 7.97. The Morgan fingerprint density at radius 2 is 1.57 bits per heavy atom. The Kier molecular flexibility index (Phi) is 6.20. The molecule has 1 unspecified atom stereocenters. The van der Waals surface area contributed by atoms with Crippen LogP contribution in [-0.2, 0) is 11.2 Å². The van der Waals surface area contributed by atoms with Crippen molar-refractivity contribution < 1.29 is 9.59 Å². The van der Waals surface area contributed by atoms with E-state index in [0.29, 0.717) is 18.4 Å². The number of carbonyl (C=O) groups is 2. The average Bonchev–Trinajstić information content (AvgIpc) is 3.28. The minimum Gasteiger partial charge on any atom is -0.340 e. The highest BCUT2D eigenvalue weighted by Gasteiger charge is 2.22. The smallest absolute Gasteiger partial charge is 0.251 e. The Hall–Kier alpha value is -3.44. The zero-order valence-electron chi connectivity index (χ0n) is 16.4. The van der Waals surface area contributed by atoms with Crippen molar-refractivity contribution in [2.75, 3.05) is 5.32 Å². The van der Waals surface area contributed by atoms with Crippen molar-refractivity contribution in [3.05, 3.63) is 101 Å². The molecule has 1 aromatic heterocycles. The van der Waals surface area contributed by atoms with E-state index in [4.69, 9.17) is 0 Å². The van der Waals surface area contributed by atoms with Gasteiger partial charge in [0.05, 0.1) is 10.4 Å². The molecule has 2 amide bonds. The molecule has 0 spiro atoms. The lowest BCUT2D eigenvalue weighted by Gasteiger charge is -2.19. The Balaban J connectivity index is 1.52. The van der Waals surface area contributed by atoms with E-state index in [9.17, 15) is 9.59 Å². The second kappa shape index (κ2) is 9.37. The molecule has 0 aliphatic heterocycles. The molecule has 0 bridgehead atoms. The molecule has 1 atom stereocenters. The van der Waals surface area contributed by atoms with Gasteiger partial charge in [-0.25, -0.2) is 0 Å². The van der Waals surface area contributed by atoms with Gasteiger partial charge in [-0.05, 0) is 53.4 Å². The van der Waals surface area contributed by atoms with Crippen molar-refractivity contribution in [2.45, 2.75) is 18.9 Å². The fraction of sp³-hybridized carbons (Fsp3) is 0.120. The number of thiophene rings is 1. The van der Waals surface area contributed by atoms with E-state index in [0.717, 1.165) is 21.3 Å². The molecule has 0 aliphatic rings. The van der Waals surface area contributed by atoms with Crippen LogP contribution in [0.15, 0.2) is 90.3 Å². The summed E-state index contributed by atoms with van der Waals surface area (Å²) in [7, 11) is 0. The number of nitrogens with one attached hydrogen (secondary N) is 2. The molecule has 0 saturated carbocycles. The lowest BCUT2D eigenvalue weighted by molar-refractivity contribution is -0.118. The van der Waals surface area contributed by atoms with Gasteiger partial charge in [0.25, 0.3) is 5.91 Å². The first-order chi connectivity index (χ1) is 14.7. The number of hydrogen-bond donors (Lipinski definition) is 2. The summed E-state index contributed by atoms with van der Waals surface area (Å²) in [6.45, 7) is 0. The minimum absolute atomic E-state index is 0.212. The molecular weight excluding hydrogens is 392 g/mol. The van der Waals surface area contributed by atoms with Crippen molar-refractivity contribution >= 4 is 38.9 Å². The topological polar surface area (TPSA) is 58.2 Å². The van der Waals surface area contributed by atoms with Gasteiger partial charge >= 0.3 is 0 Å². The summed E-state index contributed by atoms with van der Waals surface area (Å²) >= 11 is 1.59. The van der Waals surface area contributed by atoms with Crippen molar-refractivity contribution in [3.63, 3.8) is 0 Å².